The van der Waals surface area contributed by atoms with Crippen molar-refractivity contribution in [2.75, 3.05) is 24.6 Å². The molecule has 1 aromatic heterocycles. The molecule has 0 fully saturated rings. The highest BCUT2D eigenvalue weighted by Gasteiger charge is 1.92. The maximum atomic E-state index is 3.44. The van der Waals surface area contributed by atoms with Gasteiger partial charge < -0.3 is 5.32 Å². The van der Waals surface area contributed by atoms with Crippen molar-refractivity contribution in [3.8, 4) is 0 Å². The number of rotatable bonds is 7. The van der Waals surface area contributed by atoms with Crippen molar-refractivity contribution in [2.45, 2.75) is 13.3 Å². The predicted octanol–water partition coefficient (Wildman–Crippen LogP) is 2.63. The highest BCUT2D eigenvalue weighted by atomic mass is 32.2. The van der Waals surface area contributed by atoms with Gasteiger partial charge in [0.15, 0.2) is 0 Å². The van der Waals surface area contributed by atoms with Crippen molar-refractivity contribution >= 4 is 23.1 Å². The summed E-state index contributed by atoms with van der Waals surface area (Å²) in [5, 5.41) is 7.81. The fraction of sp³-hybridized carbons (Fsp3) is 0.600. The van der Waals surface area contributed by atoms with Gasteiger partial charge in [-0.05, 0) is 41.1 Å². The Morgan fingerprint density at radius 1 is 1.46 bits per heavy atom. The maximum absolute atomic E-state index is 3.44. The molecule has 0 radical (unpaired) electrons. The van der Waals surface area contributed by atoms with Gasteiger partial charge in [0.2, 0.25) is 0 Å². The summed E-state index contributed by atoms with van der Waals surface area (Å²) >= 11 is 3.78. The van der Waals surface area contributed by atoms with Crippen LogP contribution in [0.4, 0.5) is 0 Å². The van der Waals surface area contributed by atoms with Crippen molar-refractivity contribution in [1.82, 2.24) is 5.32 Å². The van der Waals surface area contributed by atoms with Gasteiger partial charge in [0, 0.05) is 12.3 Å². The molecule has 0 bridgehead atoms. The van der Waals surface area contributed by atoms with Crippen LogP contribution in [0.25, 0.3) is 0 Å². The summed E-state index contributed by atoms with van der Waals surface area (Å²) in [6, 6.07) is 2.20. The molecule has 1 aromatic rings. The monoisotopic (exact) mass is 215 g/mol. The first-order valence-corrected chi connectivity index (χ1v) is 6.82. The van der Waals surface area contributed by atoms with E-state index in [0.29, 0.717) is 0 Å². The van der Waals surface area contributed by atoms with E-state index < -0.39 is 0 Å². The number of hydrogen-bond donors (Lipinski definition) is 1. The molecular weight excluding hydrogens is 198 g/mol. The van der Waals surface area contributed by atoms with Crippen molar-refractivity contribution in [2.24, 2.45) is 0 Å². The van der Waals surface area contributed by atoms with Gasteiger partial charge in [-0.3, -0.25) is 0 Å². The second-order valence-corrected chi connectivity index (χ2v) is 5.00. The molecule has 13 heavy (non-hydrogen) atoms. The van der Waals surface area contributed by atoms with Crippen LogP contribution in [0.15, 0.2) is 16.8 Å². The smallest absolute Gasteiger partial charge is 0.00580 e. The van der Waals surface area contributed by atoms with Crippen LogP contribution < -0.4 is 5.32 Å². The molecule has 1 heterocycles. The molecule has 0 aliphatic heterocycles. The van der Waals surface area contributed by atoms with Gasteiger partial charge in [0.1, 0.15) is 0 Å². The van der Waals surface area contributed by atoms with Gasteiger partial charge in [-0.15, -0.1) is 0 Å². The van der Waals surface area contributed by atoms with E-state index in [1.54, 1.807) is 11.3 Å². The largest absolute Gasteiger partial charge is 0.316 e. The summed E-state index contributed by atoms with van der Waals surface area (Å²) in [5.74, 6) is 2.46. The molecule has 0 atom stereocenters. The Morgan fingerprint density at radius 2 is 2.38 bits per heavy atom. The van der Waals surface area contributed by atoms with Crippen LogP contribution in [0.3, 0.4) is 0 Å². The molecule has 0 saturated heterocycles. The summed E-state index contributed by atoms with van der Waals surface area (Å²) in [7, 11) is 0. The van der Waals surface area contributed by atoms with Crippen LogP contribution in [-0.2, 0) is 6.42 Å². The zero-order valence-electron chi connectivity index (χ0n) is 8.08. The molecule has 74 valence electrons. The Hall–Kier alpha value is 0.01000. The summed E-state index contributed by atoms with van der Waals surface area (Å²) in [6.07, 6.45) is 1.17. The second kappa shape index (κ2) is 7.42. The van der Waals surface area contributed by atoms with Gasteiger partial charge in [0.05, 0.1) is 0 Å². The fourth-order valence-corrected chi connectivity index (χ4v) is 2.36. The molecule has 0 aliphatic rings. The van der Waals surface area contributed by atoms with Crippen molar-refractivity contribution in [3.63, 3.8) is 0 Å². The minimum Gasteiger partial charge on any atom is -0.316 e. The lowest BCUT2D eigenvalue weighted by atomic mass is 10.2. The highest BCUT2D eigenvalue weighted by molar-refractivity contribution is 7.99. The summed E-state index contributed by atoms with van der Waals surface area (Å²) in [4.78, 5) is 0. The molecule has 1 nitrogen and oxygen atoms in total. The van der Waals surface area contributed by atoms with Crippen LogP contribution in [0.5, 0.6) is 0 Å². The Labute approximate surface area is 88.9 Å². The van der Waals surface area contributed by atoms with Crippen LogP contribution in [0.1, 0.15) is 12.5 Å². The molecule has 0 amide bonds. The third-order valence-electron chi connectivity index (χ3n) is 1.80. The average Bonchev–Trinajstić information content (AvgIpc) is 2.63. The van der Waals surface area contributed by atoms with Crippen molar-refractivity contribution < 1.29 is 0 Å². The van der Waals surface area contributed by atoms with Crippen LogP contribution in [0, 0.1) is 0 Å². The highest BCUT2D eigenvalue weighted by Crippen LogP contribution is 2.05. The summed E-state index contributed by atoms with van der Waals surface area (Å²) in [5.41, 5.74) is 1.46. The Bertz CT molecular complexity index is 197. The van der Waals surface area contributed by atoms with Crippen molar-refractivity contribution in [1.29, 1.82) is 0 Å². The van der Waals surface area contributed by atoms with E-state index in [9.17, 15) is 0 Å². The Balaban J connectivity index is 1.90. The van der Waals surface area contributed by atoms with Gasteiger partial charge in [0.25, 0.3) is 0 Å². The third-order valence-corrected chi connectivity index (χ3v) is 3.43. The molecule has 0 spiro atoms. The third kappa shape index (κ3) is 5.34. The number of nitrogens with one attached hydrogen (secondary N) is 1. The fourth-order valence-electron chi connectivity index (χ4n) is 1.08. The summed E-state index contributed by atoms with van der Waals surface area (Å²) in [6.45, 7) is 4.46. The standard InChI is InChI=1S/C10H17NS2/c1-2-12-8-6-11-5-3-10-4-7-13-9-10/h4,7,9,11H,2-3,5-6,8H2,1H3. The lowest BCUT2D eigenvalue weighted by Crippen LogP contribution is -2.19. The first kappa shape index (κ1) is 11.1. The topological polar surface area (TPSA) is 12.0 Å². The van der Waals surface area contributed by atoms with E-state index in [0.717, 1.165) is 13.1 Å². The van der Waals surface area contributed by atoms with E-state index in [2.05, 4.69) is 29.1 Å². The quantitative estimate of drug-likeness (QED) is 0.702. The van der Waals surface area contributed by atoms with E-state index in [1.165, 1.54) is 23.5 Å². The predicted molar refractivity (Wildman–Crippen MR) is 63.9 cm³/mol. The van der Waals surface area contributed by atoms with Gasteiger partial charge in [-0.2, -0.15) is 23.1 Å². The Morgan fingerprint density at radius 3 is 3.08 bits per heavy atom. The van der Waals surface area contributed by atoms with Crippen LogP contribution in [-0.4, -0.2) is 24.6 Å². The zero-order chi connectivity index (χ0) is 9.36. The van der Waals surface area contributed by atoms with Crippen molar-refractivity contribution in [3.05, 3.63) is 22.4 Å². The number of thioether (sulfide) groups is 1. The van der Waals surface area contributed by atoms with E-state index in [4.69, 9.17) is 0 Å². The minimum absolute atomic E-state index is 1.11. The molecule has 1 rings (SSSR count). The SMILES string of the molecule is CCSCCNCCc1ccsc1. The second-order valence-electron chi connectivity index (χ2n) is 2.83. The Kier molecular flexibility index (Phi) is 6.33. The van der Waals surface area contributed by atoms with Gasteiger partial charge in [-0.1, -0.05) is 6.92 Å². The maximum Gasteiger partial charge on any atom is 0.00580 e. The van der Waals surface area contributed by atoms with E-state index in [-0.39, 0.29) is 0 Å². The molecule has 1 N–H and O–H groups in total. The van der Waals surface area contributed by atoms with Crippen LogP contribution >= 0.6 is 23.1 Å². The molecular formula is C10H17NS2. The van der Waals surface area contributed by atoms with Crippen LogP contribution in [0.2, 0.25) is 0 Å². The number of hydrogen-bond acceptors (Lipinski definition) is 3. The molecule has 0 aliphatic carbocycles. The molecule has 0 aromatic carbocycles. The number of thiophene rings is 1. The minimum atomic E-state index is 1.11. The first-order valence-electron chi connectivity index (χ1n) is 4.73. The lowest BCUT2D eigenvalue weighted by Gasteiger charge is -2.02. The molecule has 0 unspecified atom stereocenters. The normalized spacial score (nSPS) is 10.5. The van der Waals surface area contributed by atoms with E-state index in [1.807, 2.05) is 11.8 Å². The zero-order valence-corrected chi connectivity index (χ0v) is 9.72. The lowest BCUT2D eigenvalue weighted by molar-refractivity contribution is 0.722. The first-order chi connectivity index (χ1) is 6.43. The summed E-state index contributed by atoms with van der Waals surface area (Å²) < 4.78 is 0. The molecule has 0 saturated carbocycles. The van der Waals surface area contributed by atoms with Gasteiger partial charge >= 0.3 is 0 Å². The van der Waals surface area contributed by atoms with Gasteiger partial charge in [-0.25, -0.2) is 0 Å². The van der Waals surface area contributed by atoms with E-state index >= 15 is 0 Å². The molecule has 3 heteroatoms. The average molecular weight is 215 g/mol.